The van der Waals surface area contributed by atoms with Gasteiger partial charge in [0.15, 0.2) is 5.13 Å². The molecular weight excluding hydrogens is 428 g/mol. The van der Waals surface area contributed by atoms with E-state index < -0.39 is 5.91 Å². The second-order valence-corrected chi connectivity index (χ2v) is 8.96. The zero-order valence-corrected chi connectivity index (χ0v) is 18.5. The van der Waals surface area contributed by atoms with E-state index in [4.69, 9.17) is 15.2 Å². The molecule has 1 aliphatic carbocycles. The van der Waals surface area contributed by atoms with E-state index in [2.05, 4.69) is 37.3 Å². The summed E-state index contributed by atoms with van der Waals surface area (Å²) in [7, 11) is 0. The summed E-state index contributed by atoms with van der Waals surface area (Å²) in [5.41, 5.74) is 8.34. The van der Waals surface area contributed by atoms with E-state index in [9.17, 15) is 4.79 Å². The fourth-order valence-corrected chi connectivity index (χ4v) is 5.03. The van der Waals surface area contributed by atoms with Crippen LogP contribution in [0.5, 0.6) is 5.75 Å². The average molecular weight is 455 g/mol. The summed E-state index contributed by atoms with van der Waals surface area (Å²) in [6, 6.07) is 4.47. The monoisotopic (exact) mass is 454 g/mol. The third-order valence-electron chi connectivity index (χ3n) is 5.95. The molecule has 1 saturated carbocycles. The van der Waals surface area contributed by atoms with Crippen molar-refractivity contribution < 1.29 is 14.3 Å². The van der Waals surface area contributed by atoms with Crippen molar-refractivity contribution in [1.82, 2.24) is 15.0 Å². The molecule has 10 heteroatoms. The van der Waals surface area contributed by atoms with Crippen molar-refractivity contribution in [1.29, 1.82) is 0 Å². The lowest BCUT2D eigenvalue weighted by molar-refractivity contribution is 0.0996. The molecule has 3 N–H and O–H groups in total. The first-order chi connectivity index (χ1) is 15.7. The number of amides is 1. The Morgan fingerprint density at radius 3 is 2.69 bits per heavy atom. The van der Waals surface area contributed by atoms with E-state index in [0.29, 0.717) is 11.7 Å². The molecule has 32 heavy (non-hydrogen) atoms. The zero-order valence-electron chi connectivity index (χ0n) is 17.7. The molecule has 2 fully saturated rings. The third kappa shape index (κ3) is 4.61. The number of primary amides is 1. The van der Waals surface area contributed by atoms with Gasteiger partial charge in [0.25, 0.3) is 5.91 Å². The smallest absolute Gasteiger partial charge is 0.268 e. The van der Waals surface area contributed by atoms with Gasteiger partial charge in [-0.25, -0.2) is 9.97 Å². The number of nitrogens with zero attached hydrogens (tertiary/aromatic N) is 4. The van der Waals surface area contributed by atoms with Gasteiger partial charge in [0.1, 0.15) is 17.0 Å². The van der Waals surface area contributed by atoms with Crippen molar-refractivity contribution in [3.63, 3.8) is 0 Å². The number of carbonyl (C=O) groups excluding carboxylic acids is 1. The van der Waals surface area contributed by atoms with E-state index in [1.165, 1.54) is 11.3 Å². The summed E-state index contributed by atoms with van der Waals surface area (Å²) in [6.45, 7) is 3.17. The number of ether oxygens (including phenoxy) is 2. The van der Waals surface area contributed by atoms with Gasteiger partial charge in [-0.2, -0.15) is 0 Å². The lowest BCUT2D eigenvalue weighted by Crippen LogP contribution is -2.36. The summed E-state index contributed by atoms with van der Waals surface area (Å²) >= 11 is 1.41. The third-order valence-corrected chi connectivity index (χ3v) is 6.73. The molecule has 1 amide bonds. The van der Waals surface area contributed by atoms with Crippen LogP contribution in [0.15, 0.2) is 29.9 Å². The predicted octanol–water partition coefficient (Wildman–Crippen LogP) is 2.82. The van der Waals surface area contributed by atoms with Gasteiger partial charge in [0.05, 0.1) is 24.8 Å². The molecule has 0 atom stereocenters. The molecule has 0 bridgehead atoms. The molecule has 1 aliphatic heterocycles. The van der Waals surface area contributed by atoms with Crippen LogP contribution in [0.1, 0.15) is 36.2 Å². The van der Waals surface area contributed by atoms with Crippen molar-refractivity contribution >= 4 is 39.1 Å². The largest absolute Gasteiger partial charge is 0.488 e. The minimum absolute atomic E-state index is 0.121. The number of carbonyl (C=O) groups is 1. The predicted molar refractivity (Wildman–Crippen MR) is 123 cm³/mol. The first-order valence-electron chi connectivity index (χ1n) is 10.9. The van der Waals surface area contributed by atoms with Gasteiger partial charge in [-0.3, -0.25) is 9.78 Å². The van der Waals surface area contributed by atoms with Crippen LogP contribution in [0.3, 0.4) is 0 Å². The van der Waals surface area contributed by atoms with Crippen LogP contribution >= 0.6 is 11.3 Å². The molecule has 0 unspecified atom stereocenters. The van der Waals surface area contributed by atoms with E-state index >= 15 is 0 Å². The lowest BCUT2D eigenvalue weighted by Gasteiger charge is -2.31. The number of rotatable bonds is 6. The molecule has 0 radical (unpaired) electrons. The number of nitrogens with one attached hydrogen (secondary N) is 1. The number of benzene rings is 1. The van der Waals surface area contributed by atoms with E-state index in [1.807, 2.05) is 0 Å². The van der Waals surface area contributed by atoms with E-state index in [0.717, 1.165) is 79.6 Å². The Labute approximate surface area is 190 Å². The highest BCUT2D eigenvalue weighted by atomic mass is 32.1. The Bertz CT molecular complexity index is 1090. The van der Waals surface area contributed by atoms with Gasteiger partial charge in [-0.1, -0.05) is 0 Å². The summed E-state index contributed by atoms with van der Waals surface area (Å²) in [4.78, 5) is 26.8. The van der Waals surface area contributed by atoms with Crippen LogP contribution in [0, 0.1) is 0 Å². The van der Waals surface area contributed by atoms with Crippen molar-refractivity contribution in [2.24, 2.45) is 5.73 Å². The van der Waals surface area contributed by atoms with Crippen LogP contribution in [0.4, 0.5) is 10.8 Å². The summed E-state index contributed by atoms with van der Waals surface area (Å²) < 4.78 is 12.0. The molecule has 168 valence electrons. The number of hydrogen-bond donors (Lipinski definition) is 2. The molecule has 3 aromatic rings. The Balaban J connectivity index is 1.26. The fourth-order valence-electron chi connectivity index (χ4n) is 4.26. The molecule has 0 spiro atoms. The Morgan fingerprint density at radius 1 is 1.16 bits per heavy atom. The van der Waals surface area contributed by atoms with Crippen molar-refractivity contribution in [2.75, 3.05) is 36.5 Å². The molecule has 1 aromatic carbocycles. The number of hydrogen-bond acceptors (Lipinski definition) is 9. The molecule has 2 aromatic heterocycles. The minimum Gasteiger partial charge on any atom is -0.488 e. The van der Waals surface area contributed by atoms with Crippen LogP contribution in [0.2, 0.25) is 0 Å². The highest BCUT2D eigenvalue weighted by Crippen LogP contribution is 2.33. The quantitative estimate of drug-likeness (QED) is 0.584. The summed E-state index contributed by atoms with van der Waals surface area (Å²) in [5, 5.41) is 5.85. The average Bonchev–Trinajstić information content (AvgIpc) is 3.30. The highest BCUT2D eigenvalue weighted by molar-refractivity contribution is 7.13. The highest BCUT2D eigenvalue weighted by Gasteiger charge is 2.25. The standard InChI is InChI=1S/C22H26N6O3S/c23-21(29)18-13-32-22(27-18)26-14-1-3-16(4-2-14)31-19-12-15(28-7-9-30-10-8-28)11-17-20(19)25-6-5-24-17/h5-6,11-14,16H,1-4,7-10H2,(H2,23,29)(H,26,27). The lowest BCUT2D eigenvalue weighted by atomic mass is 9.93. The van der Waals surface area contributed by atoms with Gasteiger partial charge in [-0.15, -0.1) is 11.3 Å². The molecular formula is C22H26N6O3S. The summed E-state index contributed by atoms with van der Waals surface area (Å²) in [5.74, 6) is 0.292. The van der Waals surface area contributed by atoms with E-state index in [1.54, 1.807) is 17.8 Å². The summed E-state index contributed by atoms with van der Waals surface area (Å²) in [6.07, 6.45) is 7.32. The molecule has 5 rings (SSSR count). The fraction of sp³-hybridized carbons (Fsp3) is 0.455. The maximum atomic E-state index is 11.2. The number of morpholine rings is 1. The first-order valence-corrected chi connectivity index (χ1v) is 11.8. The van der Waals surface area contributed by atoms with Gasteiger partial charge < -0.3 is 25.4 Å². The maximum absolute atomic E-state index is 11.2. The molecule has 9 nitrogen and oxygen atoms in total. The van der Waals surface area contributed by atoms with Crippen LogP contribution in [-0.2, 0) is 4.74 Å². The van der Waals surface area contributed by atoms with Gasteiger partial charge in [0.2, 0.25) is 0 Å². The van der Waals surface area contributed by atoms with Crippen molar-refractivity contribution in [2.45, 2.75) is 37.8 Å². The maximum Gasteiger partial charge on any atom is 0.268 e. The normalized spacial score (nSPS) is 21.4. The number of nitrogens with two attached hydrogens (primary N) is 1. The zero-order chi connectivity index (χ0) is 21.9. The van der Waals surface area contributed by atoms with Crippen LogP contribution < -0.4 is 20.7 Å². The van der Waals surface area contributed by atoms with Crippen molar-refractivity contribution in [3.8, 4) is 5.75 Å². The topological polar surface area (TPSA) is 115 Å². The number of aromatic nitrogens is 3. The second-order valence-electron chi connectivity index (χ2n) is 8.11. The number of fused-ring (bicyclic) bond motifs is 1. The molecule has 1 saturated heterocycles. The number of thiazole rings is 1. The minimum atomic E-state index is -0.499. The Kier molecular flexibility index (Phi) is 6.04. The second kappa shape index (κ2) is 9.25. The van der Waals surface area contributed by atoms with E-state index in [-0.39, 0.29) is 6.10 Å². The number of anilines is 2. The van der Waals surface area contributed by atoms with Gasteiger partial charge >= 0.3 is 0 Å². The van der Waals surface area contributed by atoms with Crippen LogP contribution in [-0.4, -0.2) is 59.3 Å². The van der Waals surface area contributed by atoms with Gasteiger partial charge in [0, 0.05) is 48.7 Å². The molecule has 2 aliphatic rings. The first kappa shape index (κ1) is 20.9. The Hall–Kier alpha value is -2.98. The Morgan fingerprint density at radius 2 is 1.94 bits per heavy atom. The van der Waals surface area contributed by atoms with Gasteiger partial charge in [-0.05, 0) is 31.7 Å². The molecule has 3 heterocycles. The SMILES string of the molecule is NC(=O)c1csc(NC2CCC(Oc3cc(N4CCOCC4)cc4nccnc34)CC2)n1. The van der Waals surface area contributed by atoms with Crippen LogP contribution in [0.25, 0.3) is 11.0 Å². The van der Waals surface area contributed by atoms with Crippen molar-refractivity contribution in [3.05, 3.63) is 35.6 Å².